The fourth-order valence-electron chi connectivity index (χ4n) is 9.62. The molecule has 0 fully saturated rings. The monoisotopic (exact) mass is 1140 g/mol. The molecule has 0 bridgehead atoms. The van der Waals surface area contributed by atoms with Crippen molar-refractivity contribution in [1.82, 2.24) is 0 Å². The van der Waals surface area contributed by atoms with Gasteiger partial charge < -0.3 is 14.2 Å². The highest BCUT2D eigenvalue weighted by molar-refractivity contribution is 5.71. The quantitative estimate of drug-likeness (QED) is 0.0261. The number of rotatable bonds is 62. The fourth-order valence-corrected chi connectivity index (χ4v) is 9.62. The Hall–Kier alpha value is -4.19. The van der Waals surface area contributed by atoms with Crippen molar-refractivity contribution < 1.29 is 28.6 Å². The highest BCUT2D eigenvalue weighted by Crippen LogP contribution is 2.17. The zero-order valence-corrected chi connectivity index (χ0v) is 53.7. The SMILES string of the molecule is CC/C=C\C/C=C\C/C=C\C/C=C\C/C=C\C/C=C\C/C=C\CCCCCC(=O)OCC(COC(=O)CCCCCCC/C=C\C/C=C\C/C=C\CC)OC(=O)CCCCCCCCCCCCCCCCCCCCCCCCCC. The number of carbonyl (C=O) groups is 3. The predicted molar refractivity (Wildman–Crippen MR) is 357 cm³/mol. The minimum Gasteiger partial charge on any atom is -0.462 e. The molecular formula is C76H128O6. The molecule has 0 aliphatic rings. The zero-order valence-electron chi connectivity index (χ0n) is 53.7. The number of ether oxygens (including phenoxy) is 3. The van der Waals surface area contributed by atoms with Crippen molar-refractivity contribution in [3.63, 3.8) is 0 Å². The van der Waals surface area contributed by atoms with Crippen LogP contribution in [0.3, 0.4) is 0 Å². The molecule has 0 aliphatic carbocycles. The molecule has 0 rings (SSSR count). The van der Waals surface area contributed by atoms with Crippen molar-refractivity contribution in [2.75, 3.05) is 13.2 Å². The predicted octanol–water partition coefficient (Wildman–Crippen LogP) is 23.9. The Bertz CT molecular complexity index is 1690. The molecule has 0 N–H and O–H groups in total. The second-order valence-corrected chi connectivity index (χ2v) is 22.7. The number of hydrogen-bond acceptors (Lipinski definition) is 6. The Kier molecular flexibility index (Phi) is 65.8. The summed E-state index contributed by atoms with van der Waals surface area (Å²) < 4.78 is 16.9. The normalized spacial score (nSPS) is 12.9. The maximum atomic E-state index is 13.0. The van der Waals surface area contributed by atoms with Gasteiger partial charge in [0.05, 0.1) is 0 Å². The van der Waals surface area contributed by atoms with E-state index in [9.17, 15) is 14.4 Å². The maximum absolute atomic E-state index is 13.0. The minimum absolute atomic E-state index is 0.0981. The van der Waals surface area contributed by atoms with Crippen LogP contribution in [0.4, 0.5) is 0 Å². The summed E-state index contributed by atoms with van der Waals surface area (Å²) in [5.74, 6) is -0.936. The van der Waals surface area contributed by atoms with Gasteiger partial charge in [-0.05, 0) is 109 Å². The van der Waals surface area contributed by atoms with Crippen molar-refractivity contribution in [2.24, 2.45) is 0 Å². The first-order valence-corrected chi connectivity index (χ1v) is 34.5. The number of unbranched alkanes of at least 4 members (excludes halogenated alkanes) is 31. The zero-order chi connectivity index (χ0) is 59.2. The highest BCUT2D eigenvalue weighted by atomic mass is 16.6. The molecule has 6 heteroatoms. The number of esters is 3. The second kappa shape index (κ2) is 69.3. The van der Waals surface area contributed by atoms with E-state index in [1.807, 2.05) is 0 Å². The Morgan fingerprint density at radius 2 is 0.476 bits per heavy atom. The lowest BCUT2D eigenvalue weighted by Gasteiger charge is -2.18. The summed E-state index contributed by atoms with van der Waals surface area (Å²) in [5, 5.41) is 0. The van der Waals surface area contributed by atoms with E-state index in [1.54, 1.807) is 0 Å². The van der Waals surface area contributed by atoms with E-state index < -0.39 is 6.10 Å². The summed E-state index contributed by atoms with van der Waals surface area (Å²) in [6.07, 6.45) is 96.5. The van der Waals surface area contributed by atoms with Crippen LogP contribution in [-0.2, 0) is 28.6 Å². The van der Waals surface area contributed by atoms with Crippen LogP contribution in [-0.4, -0.2) is 37.2 Å². The van der Waals surface area contributed by atoms with Crippen molar-refractivity contribution in [3.8, 4) is 0 Å². The van der Waals surface area contributed by atoms with Crippen LogP contribution in [0.2, 0.25) is 0 Å². The van der Waals surface area contributed by atoms with Gasteiger partial charge in [0.2, 0.25) is 0 Å². The Labute approximate surface area is 507 Å². The van der Waals surface area contributed by atoms with Gasteiger partial charge in [-0.25, -0.2) is 0 Å². The topological polar surface area (TPSA) is 78.9 Å². The lowest BCUT2D eigenvalue weighted by atomic mass is 10.0. The van der Waals surface area contributed by atoms with Crippen LogP contribution >= 0.6 is 0 Å². The van der Waals surface area contributed by atoms with Gasteiger partial charge in [-0.2, -0.15) is 0 Å². The summed E-state index contributed by atoms with van der Waals surface area (Å²) in [4.78, 5) is 38.4. The summed E-state index contributed by atoms with van der Waals surface area (Å²) in [7, 11) is 0. The average Bonchev–Trinajstić information content (AvgIpc) is 3.47. The van der Waals surface area contributed by atoms with E-state index in [0.717, 1.165) is 148 Å². The molecule has 0 saturated heterocycles. The lowest BCUT2D eigenvalue weighted by molar-refractivity contribution is -0.167. The van der Waals surface area contributed by atoms with Gasteiger partial charge in [0.1, 0.15) is 13.2 Å². The van der Waals surface area contributed by atoms with Gasteiger partial charge >= 0.3 is 17.9 Å². The van der Waals surface area contributed by atoms with E-state index in [-0.39, 0.29) is 31.1 Å². The largest absolute Gasteiger partial charge is 0.462 e. The molecule has 0 aromatic rings. The molecule has 0 spiro atoms. The third-order valence-corrected chi connectivity index (χ3v) is 14.7. The number of hydrogen-bond donors (Lipinski definition) is 0. The number of carbonyl (C=O) groups excluding carboxylic acids is 3. The molecule has 1 atom stereocenters. The van der Waals surface area contributed by atoms with Gasteiger partial charge in [0.15, 0.2) is 6.10 Å². The molecular weight excluding hydrogens is 1010 g/mol. The van der Waals surface area contributed by atoms with E-state index in [0.29, 0.717) is 19.3 Å². The maximum Gasteiger partial charge on any atom is 0.306 e. The summed E-state index contributed by atoms with van der Waals surface area (Å²) in [6, 6.07) is 0. The van der Waals surface area contributed by atoms with Crippen LogP contribution in [0, 0.1) is 0 Å². The fraction of sp³-hybridized carbons (Fsp3) is 0.697. The summed E-state index contributed by atoms with van der Waals surface area (Å²) in [5.41, 5.74) is 0. The first-order valence-electron chi connectivity index (χ1n) is 34.5. The molecule has 82 heavy (non-hydrogen) atoms. The minimum atomic E-state index is -0.803. The Balaban J connectivity index is 4.41. The van der Waals surface area contributed by atoms with Gasteiger partial charge in [-0.1, -0.05) is 316 Å². The smallest absolute Gasteiger partial charge is 0.306 e. The van der Waals surface area contributed by atoms with Crippen molar-refractivity contribution in [1.29, 1.82) is 0 Å². The molecule has 0 aromatic carbocycles. The average molecular weight is 1140 g/mol. The molecule has 0 amide bonds. The molecule has 6 nitrogen and oxygen atoms in total. The Morgan fingerprint density at radius 1 is 0.256 bits per heavy atom. The summed E-state index contributed by atoms with van der Waals surface area (Å²) in [6.45, 7) is 6.41. The van der Waals surface area contributed by atoms with E-state index >= 15 is 0 Å². The lowest BCUT2D eigenvalue weighted by Crippen LogP contribution is -2.30. The Morgan fingerprint density at radius 3 is 0.756 bits per heavy atom. The molecule has 0 aliphatic heterocycles. The summed E-state index contributed by atoms with van der Waals surface area (Å²) >= 11 is 0. The third-order valence-electron chi connectivity index (χ3n) is 14.7. The first-order chi connectivity index (χ1) is 40.5. The first kappa shape index (κ1) is 77.8. The molecule has 0 saturated carbocycles. The highest BCUT2D eigenvalue weighted by Gasteiger charge is 2.19. The standard InChI is InChI=1S/C76H128O6/c1-4-7-10-13-16-19-22-25-28-30-32-34-36-38-40-41-43-45-48-51-54-57-60-63-66-69-75(78)81-72-73(71-80-74(77)68-65-62-59-56-53-50-47-27-24-21-18-15-12-9-6-3)82-76(79)70-67-64-61-58-55-52-49-46-44-42-39-37-35-33-31-29-26-23-20-17-14-11-8-5-2/h7,9-10,12,16,18-19,21,25,27-28,32,34,38,40,43,45,47,51,54,73H,4-6,8,11,13-15,17,20,22-24,26,29-31,33,35-37,39,41-42,44,46,48-50,52-53,55-72H2,1-3H3/b10-7-,12-9-,19-16-,21-18-,28-25-,34-32-,40-38-,45-43-,47-27-,54-51-. The molecule has 468 valence electrons. The number of allylic oxidation sites excluding steroid dienone is 20. The molecule has 0 aromatic heterocycles. The van der Waals surface area contributed by atoms with Crippen molar-refractivity contribution >= 4 is 17.9 Å². The van der Waals surface area contributed by atoms with Gasteiger partial charge in [0, 0.05) is 19.3 Å². The van der Waals surface area contributed by atoms with E-state index in [2.05, 4.69) is 142 Å². The molecule has 0 heterocycles. The molecule has 1 unspecified atom stereocenters. The van der Waals surface area contributed by atoms with Crippen molar-refractivity contribution in [2.45, 2.75) is 329 Å². The van der Waals surface area contributed by atoms with Crippen LogP contribution < -0.4 is 0 Å². The van der Waals surface area contributed by atoms with Crippen LogP contribution in [0.25, 0.3) is 0 Å². The van der Waals surface area contributed by atoms with Crippen LogP contribution in [0.1, 0.15) is 323 Å². The van der Waals surface area contributed by atoms with Crippen LogP contribution in [0.15, 0.2) is 122 Å². The van der Waals surface area contributed by atoms with E-state index in [1.165, 1.54) is 135 Å². The van der Waals surface area contributed by atoms with Crippen LogP contribution in [0.5, 0.6) is 0 Å². The van der Waals surface area contributed by atoms with Gasteiger partial charge in [-0.3, -0.25) is 14.4 Å². The molecule has 0 radical (unpaired) electrons. The van der Waals surface area contributed by atoms with E-state index in [4.69, 9.17) is 14.2 Å². The third kappa shape index (κ3) is 66.6. The van der Waals surface area contributed by atoms with Gasteiger partial charge in [0.25, 0.3) is 0 Å². The van der Waals surface area contributed by atoms with Crippen molar-refractivity contribution in [3.05, 3.63) is 122 Å². The second-order valence-electron chi connectivity index (χ2n) is 22.7. The van der Waals surface area contributed by atoms with Gasteiger partial charge in [-0.15, -0.1) is 0 Å².